The molecule has 0 radical (unpaired) electrons. The molecule has 0 aliphatic carbocycles. The Morgan fingerprint density at radius 1 is 1.05 bits per heavy atom. The largest absolute Gasteiger partial charge is 0.489 e. The SMILES string of the molecule is CCOC(=O)Cc1ccc(C#N)cc1OCc1cc(-c2cccc(CNC(=O)OC(C)(C)C)c2)c2oc(CCO)cc2c1. The van der Waals surface area contributed by atoms with Crippen LogP contribution < -0.4 is 10.1 Å². The van der Waals surface area contributed by atoms with Crippen LogP contribution in [0.5, 0.6) is 5.75 Å². The molecule has 0 atom stereocenters. The summed E-state index contributed by atoms with van der Waals surface area (Å²) in [6.45, 7) is 7.85. The number of carbonyl (C=O) groups excluding carboxylic acids is 2. The molecule has 1 heterocycles. The molecule has 4 aromatic rings. The van der Waals surface area contributed by atoms with Gasteiger partial charge in [0.1, 0.15) is 29.3 Å². The number of fused-ring (bicyclic) bond motifs is 1. The molecule has 0 saturated heterocycles. The van der Waals surface area contributed by atoms with Crippen LogP contribution in [0.1, 0.15) is 55.7 Å². The number of nitrogens with zero attached hydrogens (tertiary/aromatic N) is 1. The number of ether oxygens (including phenoxy) is 3. The highest BCUT2D eigenvalue weighted by Crippen LogP contribution is 2.34. The van der Waals surface area contributed by atoms with Gasteiger partial charge in [-0.2, -0.15) is 5.26 Å². The summed E-state index contributed by atoms with van der Waals surface area (Å²) in [5.41, 5.74) is 4.50. The number of nitriles is 1. The van der Waals surface area contributed by atoms with Gasteiger partial charge in [0.2, 0.25) is 0 Å². The van der Waals surface area contributed by atoms with Crippen molar-refractivity contribution in [1.82, 2.24) is 5.32 Å². The molecule has 4 rings (SSSR count). The molecule has 0 fully saturated rings. The zero-order valence-corrected chi connectivity index (χ0v) is 24.9. The van der Waals surface area contributed by atoms with Crippen molar-refractivity contribution in [3.63, 3.8) is 0 Å². The topological polar surface area (TPSA) is 131 Å². The smallest absolute Gasteiger partial charge is 0.407 e. The number of esters is 1. The van der Waals surface area contributed by atoms with E-state index in [1.165, 1.54) is 0 Å². The third-order valence-corrected chi connectivity index (χ3v) is 6.39. The lowest BCUT2D eigenvalue weighted by Gasteiger charge is -2.19. The molecule has 2 N–H and O–H groups in total. The van der Waals surface area contributed by atoms with Gasteiger partial charge in [0.25, 0.3) is 0 Å². The van der Waals surface area contributed by atoms with E-state index in [-0.39, 0.29) is 38.8 Å². The molecule has 0 aliphatic rings. The van der Waals surface area contributed by atoms with E-state index in [0.717, 1.165) is 27.6 Å². The number of amides is 1. The fraction of sp³-hybridized carbons (Fsp3) is 0.324. The zero-order valence-electron chi connectivity index (χ0n) is 24.9. The van der Waals surface area contributed by atoms with E-state index in [9.17, 15) is 20.0 Å². The predicted octanol–water partition coefficient (Wildman–Crippen LogP) is 6.22. The Morgan fingerprint density at radius 2 is 1.86 bits per heavy atom. The maximum absolute atomic E-state index is 12.2. The van der Waals surface area contributed by atoms with Gasteiger partial charge in [-0.3, -0.25) is 4.79 Å². The molecule has 43 heavy (non-hydrogen) atoms. The Bertz CT molecular complexity index is 1640. The van der Waals surface area contributed by atoms with E-state index in [2.05, 4.69) is 11.4 Å². The number of furan rings is 1. The minimum absolute atomic E-state index is 0.0234. The molecule has 0 aliphatic heterocycles. The Hall–Kier alpha value is -4.81. The van der Waals surface area contributed by atoms with Gasteiger partial charge in [0.15, 0.2) is 0 Å². The normalized spacial score (nSPS) is 11.2. The third-order valence-electron chi connectivity index (χ3n) is 6.39. The Balaban J connectivity index is 1.64. The summed E-state index contributed by atoms with van der Waals surface area (Å²) in [5, 5.41) is 22.5. The van der Waals surface area contributed by atoms with Crippen LogP contribution in [0.25, 0.3) is 22.1 Å². The zero-order chi connectivity index (χ0) is 31.0. The molecule has 1 amide bonds. The maximum atomic E-state index is 12.2. The van der Waals surface area contributed by atoms with Crippen molar-refractivity contribution in [2.24, 2.45) is 0 Å². The summed E-state index contributed by atoms with van der Waals surface area (Å²) in [7, 11) is 0. The Morgan fingerprint density at radius 3 is 2.58 bits per heavy atom. The molecular weight excluding hydrogens is 548 g/mol. The van der Waals surface area contributed by atoms with Crippen molar-refractivity contribution in [2.75, 3.05) is 13.2 Å². The number of benzene rings is 3. The summed E-state index contributed by atoms with van der Waals surface area (Å²) in [6, 6.07) is 20.6. The van der Waals surface area contributed by atoms with Gasteiger partial charge in [-0.15, -0.1) is 0 Å². The highest BCUT2D eigenvalue weighted by Gasteiger charge is 2.17. The molecule has 9 heteroatoms. The first-order valence-electron chi connectivity index (χ1n) is 14.1. The lowest BCUT2D eigenvalue weighted by atomic mass is 9.99. The van der Waals surface area contributed by atoms with Crippen LogP contribution in [0.4, 0.5) is 4.79 Å². The highest BCUT2D eigenvalue weighted by molar-refractivity contribution is 5.93. The van der Waals surface area contributed by atoms with Crippen LogP contribution in [0.15, 0.2) is 65.1 Å². The number of aliphatic hydroxyl groups is 1. The molecule has 3 aromatic carbocycles. The summed E-state index contributed by atoms with van der Waals surface area (Å²) < 4.78 is 22.8. The van der Waals surface area contributed by atoms with E-state index in [4.69, 9.17) is 18.6 Å². The van der Waals surface area contributed by atoms with Gasteiger partial charge in [-0.1, -0.05) is 24.3 Å². The molecule has 0 spiro atoms. The van der Waals surface area contributed by atoms with E-state index in [1.54, 1.807) is 25.1 Å². The second-order valence-corrected chi connectivity index (χ2v) is 11.0. The number of rotatable bonds is 11. The molecule has 0 bridgehead atoms. The number of nitrogens with one attached hydrogen (secondary N) is 1. The molecular formula is C34H36N2O7. The van der Waals surface area contributed by atoms with Crippen molar-refractivity contribution < 1.29 is 33.3 Å². The second-order valence-electron chi connectivity index (χ2n) is 11.0. The average Bonchev–Trinajstić information content (AvgIpc) is 3.37. The molecule has 9 nitrogen and oxygen atoms in total. The Kier molecular flexibility index (Phi) is 10.1. The van der Waals surface area contributed by atoms with Crippen molar-refractivity contribution >= 4 is 23.0 Å². The van der Waals surface area contributed by atoms with E-state index in [1.807, 2.05) is 63.2 Å². The van der Waals surface area contributed by atoms with Gasteiger partial charge in [0, 0.05) is 29.5 Å². The number of carbonyl (C=O) groups is 2. The first kappa shape index (κ1) is 31.1. The monoisotopic (exact) mass is 584 g/mol. The quantitative estimate of drug-likeness (QED) is 0.199. The minimum atomic E-state index is -0.596. The standard InChI is InChI=1S/C34H36N2O7/c1-5-40-31(38)18-26-10-9-22(19-35)16-30(26)41-21-24-14-27-17-28(11-12-37)42-32(27)29(15-24)25-8-6-7-23(13-25)20-36-33(39)43-34(2,3)4/h6-10,13-17,37H,5,11-12,18,20-21H2,1-4H3,(H,36,39). The van der Waals surface area contributed by atoms with Crippen molar-refractivity contribution in [3.05, 3.63) is 88.7 Å². The molecule has 0 unspecified atom stereocenters. The summed E-state index contributed by atoms with van der Waals surface area (Å²) in [4.78, 5) is 24.4. The average molecular weight is 585 g/mol. The maximum Gasteiger partial charge on any atom is 0.407 e. The first-order valence-corrected chi connectivity index (χ1v) is 14.1. The summed E-state index contributed by atoms with van der Waals surface area (Å²) >= 11 is 0. The van der Waals surface area contributed by atoms with Crippen LogP contribution in [-0.2, 0) is 40.3 Å². The first-order chi connectivity index (χ1) is 20.6. The van der Waals surface area contributed by atoms with Gasteiger partial charge in [0.05, 0.1) is 31.3 Å². The summed E-state index contributed by atoms with van der Waals surface area (Å²) in [6.07, 6.45) is -0.102. The summed E-state index contributed by atoms with van der Waals surface area (Å²) in [5.74, 6) is 0.701. The van der Waals surface area contributed by atoms with Crippen molar-refractivity contribution in [2.45, 2.75) is 59.3 Å². The Labute approximate surface area is 251 Å². The minimum Gasteiger partial charge on any atom is -0.489 e. The van der Waals surface area contributed by atoms with Crippen LogP contribution in [-0.4, -0.2) is 36.0 Å². The molecule has 1 aromatic heterocycles. The van der Waals surface area contributed by atoms with Crippen LogP contribution in [0, 0.1) is 11.3 Å². The molecule has 224 valence electrons. The van der Waals surface area contributed by atoms with Gasteiger partial charge in [-0.25, -0.2) is 4.79 Å². The number of hydrogen-bond donors (Lipinski definition) is 2. The van der Waals surface area contributed by atoms with E-state index >= 15 is 0 Å². The lowest BCUT2D eigenvalue weighted by molar-refractivity contribution is -0.142. The van der Waals surface area contributed by atoms with Crippen molar-refractivity contribution in [3.8, 4) is 22.9 Å². The number of alkyl carbamates (subject to hydrolysis) is 1. The number of hydrogen-bond acceptors (Lipinski definition) is 8. The van der Waals surface area contributed by atoms with Gasteiger partial charge in [-0.05, 0) is 80.8 Å². The predicted molar refractivity (Wildman–Crippen MR) is 161 cm³/mol. The third kappa shape index (κ3) is 8.60. The number of aliphatic hydroxyl groups excluding tert-OH is 1. The highest BCUT2D eigenvalue weighted by atomic mass is 16.6. The van der Waals surface area contributed by atoms with Crippen LogP contribution in [0.3, 0.4) is 0 Å². The van der Waals surface area contributed by atoms with Crippen LogP contribution >= 0.6 is 0 Å². The van der Waals surface area contributed by atoms with Crippen LogP contribution in [0.2, 0.25) is 0 Å². The van der Waals surface area contributed by atoms with E-state index < -0.39 is 11.7 Å². The fourth-order valence-electron chi connectivity index (χ4n) is 4.57. The van der Waals surface area contributed by atoms with Crippen molar-refractivity contribution in [1.29, 1.82) is 5.26 Å². The second kappa shape index (κ2) is 13.9. The van der Waals surface area contributed by atoms with Gasteiger partial charge >= 0.3 is 12.1 Å². The molecule has 0 saturated carbocycles. The fourth-order valence-corrected chi connectivity index (χ4v) is 4.57. The lowest BCUT2D eigenvalue weighted by Crippen LogP contribution is -2.32. The van der Waals surface area contributed by atoms with Gasteiger partial charge < -0.3 is 29.1 Å². The van der Waals surface area contributed by atoms with E-state index in [0.29, 0.717) is 34.6 Å².